The SMILES string of the molecule is Clc1cnc2c(n1)CC=C2Br. The fraction of sp³-hybridized carbons (Fsp3) is 0.143. The Morgan fingerprint density at radius 1 is 1.55 bits per heavy atom. The van der Waals surface area contributed by atoms with Gasteiger partial charge in [-0.25, -0.2) is 4.98 Å². The Kier molecular flexibility index (Phi) is 1.69. The number of nitrogens with zero attached hydrogens (tertiary/aromatic N) is 2. The monoisotopic (exact) mass is 230 g/mol. The van der Waals surface area contributed by atoms with Crippen molar-refractivity contribution in [3.63, 3.8) is 0 Å². The predicted molar refractivity (Wildman–Crippen MR) is 47.7 cm³/mol. The Balaban J connectivity index is 2.58. The summed E-state index contributed by atoms with van der Waals surface area (Å²) in [5.41, 5.74) is 1.86. The van der Waals surface area contributed by atoms with E-state index in [9.17, 15) is 0 Å². The third-order valence-electron chi connectivity index (χ3n) is 1.52. The van der Waals surface area contributed by atoms with Gasteiger partial charge < -0.3 is 0 Å². The molecule has 1 heterocycles. The maximum atomic E-state index is 5.66. The van der Waals surface area contributed by atoms with E-state index in [2.05, 4.69) is 25.9 Å². The van der Waals surface area contributed by atoms with Crippen LogP contribution in [-0.4, -0.2) is 9.97 Å². The summed E-state index contributed by atoms with van der Waals surface area (Å²) in [4.78, 5) is 8.26. The summed E-state index contributed by atoms with van der Waals surface area (Å²) in [5, 5.41) is 0.458. The Morgan fingerprint density at radius 3 is 3.18 bits per heavy atom. The van der Waals surface area contributed by atoms with Crippen LogP contribution < -0.4 is 0 Å². The molecule has 1 aliphatic rings. The van der Waals surface area contributed by atoms with Gasteiger partial charge in [-0.2, -0.15) is 0 Å². The zero-order chi connectivity index (χ0) is 7.84. The second-order valence-corrected chi connectivity index (χ2v) is 3.49. The summed E-state index contributed by atoms with van der Waals surface area (Å²) in [6, 6.07) is 0. The standard InChI is InChI=1S/C7H4BrClN2/c8-4-1-2-5-7(4)10-3-6(9)11-5/h1,3H,2H2. The lowest BCUT2D eigenvalue weighted by Gasteiger charge is -1.96. The van der Waals surface area contributed by atoms with Crippen LogP contribution in [-0.2, 0) is 6.42 Å². The molecule has 1 aliphatic carbocycles. The number of hydrogen-bond donors (Lipinski definition) is 0. The first kappa shape index (κ1) is 7.25. The molecule has 0 aliphatic heterocycles. The van der Waals surface area contributed by atoms with Crippen LogP contribution in [0, 0.1) is 0 Å². The van der Waals surface area contributed by atoms with Gasteiger partial charge in [0, 0.05) is 10.9 Å². The molecule has 0 fully saturated rings. The molecular formula is C7H4BrClN2. The minimum atomic E-state index is 0.458. The van der Waals surface area contributed by atoms with Crippen LogP contribution >= 0.6 is 27.5 Å². The molecule has 11 heavy (non-hydrogen) atoms. The summed E-state index contributed by atoms with van der Waals surface area (Å²) in [6.07, 6.45) is 4.41. The number of aromatic nitrogens is 2. The molecule has 2 nitrogen and oxygen atoms in total. The molecule has 0 unspecified atom stereocenters. The zero-order valence-corrected chi connectivity index (χ0v) is 7.85. The van der Waals surface area contributed by atoms with Gasteiger partial charge in [-0.3, -0.25) is 4.98 Å². The van der Waals surface area contributed by atoms with Gasteiger partial charge in [-0.05, 0) is 15.9 Å². The molecular weight excluding hydrogens is 227 g/mol. The minimum Gasteiger partial charge on any atom is -0.251 e. The molecule has 0 aromatic carbocycles. The summed E-state index contributed by atoms with van der Waals surface area (Å²) >= 11 is 9.04. The second-order valence-electron chi connectivity index (χ2n) is 2.24. The first-order chi connectivity index (χ1) is 5.27. The van der Waals surface area contributed by atoms with Crippen molar-refractivity contribution in [3.8, 4) is 0 Å². The number of rotatable bonds is 0. The first-order valence-corrected chi connectivity index (χ1v) is 4.32. The zero-order valence-electron chi connectivity index (χ0n) is 5.51. The Bertz CT molecular complexity index is 335. The number of allylic oxidation sites excluding steroid dienone is 1. The Hall–Kier alpha value is -0.410. The highest BCUT2D eigenvalue weighted by atomic mass is 79.9. The topological polar surface area (TPSA) is 25.8 Å². The van der Waals surface area contributed by atoms with Gasteiger partial charge >= 0.3 is 0 Å². The lowest BCUT2D eigenvalue weighted by Crippen LogP contribution is -1.91. The van der Waals surface area contributed by atoms with E-state index in [1.54, 1.807) is 6.20 Å². The summed E-state index contributed by atoms with van der Waals surface area (Å²) in [6.45, 7) is 0. The van der Waals surface area contributed by atoms with Crippen LogP contribution in [0.2, 0.25) is 5.15 Å². The smallest absolute Gasteiger partial charge is 0.147 e. The highest BCUT2D eigenvalue weighted by molar-refractivity contribution is 9.15. The van der Waals surface area contributed by atoms with Crippen LogP contribution in [0.15, 0.2) is 12.3 Å². The maximum absolute atomic E-state index is 5.66. The summed E-state index contributed by atoms with van der Waals surface area (Å²) in [5.74, 6) is 0. The van der Waals surface area contributed by atoms with Crippen molar-refractivity contribution in [3.05, 3.63) is 28.8 Å². The number of fused-ring (bicyclic) bond motifs is 1. The average Bonchev–Trinajstić information content (AvgIpc) is 2.32. The Morgan fingerprint density at radius 2 is 2.36 bits per heavy atom. The largest absolute Gasteiger partial charge is 0.251 e. The van der Waals surface area contributed by atoms with Crippen molar-refractivity contribution in [1.82, 2.24) is 9.97 Å². The molecule has 56 valence electrons. The normalized spacial score (nSPS) is 14.5. The average molecular weight is 231 g/mol. The minimum absolute atomic E-state index is 0.458. The van der Waals surface area contributed by atoms with Crippen molar-refractivity contribution >= 4 is 32.0 Å². The summed E-state index contributed by atoms with van der Waals surface area (Å²) < 4.78 is 1.01. The number of hydrogen-bond acceptors (Lipinski definition) is 2. The molecule has 2 rings (SSSR count). The van der Waals surface area contributed by atoms with Crippen LogP contribution in [0.3, 0.4) is 0 Å². The summed E-state index contributed by atoms with van der Waals surface area (Å²) in [7, 11) is 0. The molecule has 4 heteroatoms. The predicted octanol–water partition coefficient (Wildman–Crippen LogP) is 2.42. The molecule has 0 N–H and O–H groups in total. The maximum Gasteiger partial charge on any atom is 0.147 e. The molecule has 0 spiro atoms. The highest BCUT2D eigenvalue weighted by Crippen LogP contribution is 2.28. The Labute approximate surface area is 77.4 Å². The molecule has 0 radical (unpaired) electrons. The fourth-order valence-corrected chi connectivity index (χ4v) is 1.67. The van der Waals surface area contributed by atoms with Crippen LogP contribution in [0.5, 0.6) is 0 Å². The van der Waals surface area contributed by atoms with E-state index in [1.165, 1.54) is 0 Å². The van der Waals surface area contributed by atoms with E-state index in [0.29, 0.717) is 5.15 Å². The van der Waals surface area contributed by atoms with E-state index in [0.717, 1.165) is 22.3 Å². The van der Waals surface area contributed by atoms with Gasteiger partial charge in [0.1, 0.15) is 5.15 Å². The van der Waals surface area contributed by atoms with Crippen molar-refractivity contribution in [2.75, 3.05) is 0 Å². The van der Waals surface area contributed by atoms with E-state index in [4.69, 9.17) is 11.6 Å². The molecule has 0 atom stereocenters. The quantitative estimate of drug-likeness (QED) is 0.685. The van der Waals surface area contributed by atoms with Crippen molar-refractivity contribution in [2.45, 2.75) is 6.42 Å². The van der Waals surface area contributed by atoms with E-state index >= 15 is 0 Å². The van der Waals surface area contributed by atoms with Gasteiger partial charge in [0.2, 0.25) is 0 Å². The van der Waals surface area contributed by atoms with Crippen LogP contribution in [0.25, 0.3) is 4.48 Å². The van der Waals surface area contributed by atoms with Gasteiger partial charge in [-0.15, -0.1) is 0 Å². The molecule has 1 aromatic rings. The molecule has 0 bridgehead atoms. The van der Waals surface area contributed by atoms with Crippen molar-refractivity contribution < 1.29 is 0 Å². The third-order valence-corrected chi connectivity index (χ3v) is 2.40. The lowest BCUT2D eigenvalue weighted by molar-refractivity contribution is 1.07. The van der Waals surface area contributed by atoms with Crippen LogP contribution in [0.4, 0.5) is 0 Å². The van der Waals surface area contributed by atoms with Gasteiger partial charge in [0.25, 0.3) is 0 Å². The lowest BCUT2D eigenvalue weighted by atomic mass is 10.3. The molecule has 0 saturated heterocycles. The van der Waals surface area contributed by atoms with E-state index in [-0.39, 0.29) is 0 Å². The van der Waals surface area contributed by atoms with Crippen molar-refractivity contribution in [2.24, 2.45) is 0 Å². The highest BCUT2D eigenvalue weighted by Gasteiger charge is 2.14. The third kappa shape index (κ3) is 1.19. The molecule has 0 amide bonds. The van der Waals surface area contributed by atoms with Gasteiger partial charge in [0.15, 0.2) is 0 Å². The van der Waals surface area contributed by atoms with Crippen molar-refractivity contribution in [1.29, 1.82) is 0 Å². The molecule has 0 saturated carbocycles. The fourth-order valence-electron chi connectivity index (χ4n) is 1.03. The van der Waals surface area contributed by atoms with Gasteiger partial charge in [0.05, 0.1) is 17.6 Å². The molecule has 1 aromatic heterocycles. The first-order valence-electron chi connectivity index (χ1n) is 3.15. The van der Waals surface area contributed by atoms with E-state index in [1.807, 2.05) is 6.08 Å². The second kappa shape index (κ2) is 2.57. The van der Waals surface area contributed by atoms with E-state index < -0.39 is 0 Å². The number of halogens is 2. The van der Waals surface area contributed by atoms with Gasteiger partial charge in [-0.1, -0.05) is 17.7 Å². The van der Waals surface area contributed by atoms with Crippen LogP contribution in [0.1, 0.15) is 11.4 Å².